The molecule has 0 aromatic rings. The summed E-state index contributed by atoms with van der Waals surface area (Å²) in [5.74, 6) is -0.723. The molecule has 5 heteroatoms. The van der Waals surface area contributed by atoms with Gasteiger partial charge in [-0.2, -0.15) is 0 Å². The van der Waals surface area contributed by atoms with E-state index in [1.165, 1.54) is 0 Å². The van der Waals surface area contributed by atoms with Crippen molar-refractivity contribution in [1.82, 2.24) is 0 Å². The molecule has 102 valence electrons. The van der Waals surface area contributed by atoms with Crippen molar-refractivity contribution >= 4 is 16.6 Å². The van der Waals surface area contributed by atoms with E-state index in [0.717, 1.165) is 0 Å². The molecule has 0 spiro atoms. The Morgan fingerprint density at radius 3 is 1.82 bits per heavy atom. The van der Waals surface area contributed by atoms with Gasteiger partial charge in [-0.3, -0.25) is 0 Å². The monoisotopic (exact) mass is 276 g/mol. The van der Waals surface area contributed by atoms with Crippen molar-refractivity contribution in [3.63, 3.8) is 0 Å². The fourth-order valence-electron chi connectivity index (χ4n) is 1.37. The molecule has 0 rings (SSSR count). The molecule has 0 saturated carbocycles. The van der Waals surface area contributed by atoms with Crippen LogP contribution in [0.15, 0.2) is 12.2 Å². The first-order valence-electron chi connectivity index (χ1n) is 6.07. The minimum absolute atomic E-state index is 0.466. The smallest absolute Gasteiger partial charge is 0.201 e. The lowest BCUT2D eigenvalue weighted by Crippen LogP contribution is -2.48. The van der Waals surface area contributed by atoms with E-state index in [1.807, 2.05) is 19.1 Å². The Balaban J connectivity index is 4.83. The molecule has 0 N–H and O–H groups in total. The van der Waals surface area contributed by atoms with Gasteiger partial charge < -0.3 is 13.6 Å². The zero-order chi connectivity index (χ0) is 13.7. The molecule has 0 fully saturated rings. The average molecular weight is 277 g/mol. The molecule has 0 bridgehead atoms. The van der Waals surface area contributed by atoms with E-state index in [-0.39, 0.29) is 0 Å². The lowest BCUT2D eigenvalue weighted by Gasteiger charge is -2.37. The Labute approximate surface area is 108 Å². The van der Waals surface area contributed by atoms with Crippen LogP contribution in [0.25, 0.3) is 0 Å². The number of rotatable bonds is 7. The molecule has 0 amide bonds. The topological polar surface area (TPSA) is 27.7 Å². The van der Waals surface area contributed by atoms with E-state index >= 15 is 0 Å². The zero-order valence-electron chi connectivity index (χ0n) is 12.6. The minimum atomic E-state index is -1.69. The number of ether oxygens (including phenoxy) is 1. The summed E-state index contributed by atoms with van der Waals surface area (Å²) in [5.41, 5.74) is 0. The third kappa shape index (κ3) is 7.88. The van der Waals surface area contributed by atoms with Crippen LogP contribution in [0.3, 0.4) is 0 Å². The quantitative estimate of drug-likeness (QED) is 0.404. The highest BCUT2D eigenvalue weighted by Crippen LogP contribution is 2.23. The molecule has 0 heterocycles. The first kappa shape index (κ1) is 17.1. The molecular formula is C12H28O3Si2. The fourth-order valence-corrected chi connectivity index (χ4v) is 3.25. The maximum atomic E-state index is 6.14. The van der Waals surface area contributed by atoms with E-state index < -0.39 is 22.4 Å². The summed E-state index contributed by atoms with van der Waals surface area (Å²) in [6, 6.07) is 0. The number of hydrogen-bond acceptors (Lipinski definition) is 3. The summed E-state index contributed by atoms with van der Waals surface area (Å²) < 4.78 is 17.7. The predicted octanol–water partition coefficient (Wildman–Crippen LogP) is 3.61. The summed E-state index contributed by atoms with van der Waals surface area (Å²) in [5, 5.41) is 0. The van der Waals surface area contributed by atoms with Crippen molar-refractivity contribution in [1.29, 1.82) is 0 Å². The first-order valence-corrected chi connectivity index (χ1v) is 12.9. The van der Waals surface area contributed by atoms with Gasteiger partial charge in [-0.25, -0.2) is 0 Å². The molecule has 0 aliphatic heterocycles. The van der Waals surface area contributed by atoms with Crippen LogP contribution in [0.2, 0.25) is 39.3 Å². The molecule has 0 aliphatic rings. The third-order valence-corrected chi connectivity index (χ3v) is 3.92. The molecule has 0 saturated heterocycles. The summed E-state index contributed by atoms with van der Waals surface area (Å²) >= 11 is 0. The lowest BCUT2D eigenvalue weighted by molar-refractivity contribution is -0.153. The Hall–Kier alpha value is 0.0538. The van der Waals surface area contributed by atoms with Gasteiger partial charge in [-0.05, 0) is 52.3 Å². The van der Waals surface area contributed by atoms with Gasteiger partial charge in [0.1, 0.15) is 0 Å². The Bertz CT molecular complexity index is 253. The summed E-state index contributed by atoms with van der Waals surface area (Å²) in [6.07, 6.45) is 3.91. The lowest BCUT2D eigenvalue weighted by atomic mass is 10.3. The van der Waals surface area contributed by atoms with Crippen molar-refractivity contribution in [3.8, 4) is 0 Å². The number of allylic oxidation sites excluding steroid dienone is 1. The Morgan fingerprint density at radius 1 is 1.00 bits per heavy atom. The highest BCUT2D eigenvalue weighted by Gasteiger charge is 2.35. The van der Waals surface area contributed by atoms with Gasteiger partial charge in [0.05, 0.1) is 6.61 Å². The molecule has 0 aromatic heterocycles. The normalized spacial score (nSPS) is 17.4. The maximum Gasteiger partial charge on any atom is 0.201 e. The largest absolute Gasteiger partial charge is 0.412 e. The summed E-state index contributed by atoms with van der Waals surface area (Å²) in [4.78, 5) is 0. The van der Waals surface area contributed by atoms with Gasteiger partial charge in [0, 0.05) is 7.11 Å². The molecule has 1 unspecified atom stereocenters. The Morgan fingerprint density at radius 2 is 1.53 bits per heavy atom. The van der Waals surface area contributed by atoms with Gasteiger partial charge in [-0.1, -0.05) is 6.08 Å². The van der Waals surface area contributed by atoms with Crippen LogP contribution >= 0.6 is 0 Å². The third-order valence-electron chi connectivity index (χ3n) is 1.95. The molecule has 0 aliphatic carbocycles. The maximum absolute atomic E-state index is 6.14. The van der Waals surface area contributed by atoms with Crippen LogP contribution in [0, 0.1) is 0 Å². The second-order valence-corrected chi connectivity index (χ2v) is 15.1. The van der Waals surface area contributed by atoms with Crippen molar-refractivity contribution < 1.29 is 13.6 Å². The summed E-state index contributed by atoms with van der Waals surface area (Å²) in [7, 11) is -1.58. The van der Waals surface area contributed by atoms with Gasteiger partial charge in [0.2, 0.25) is 5.79 Å². The molecular weight excluding hydrogens is 248 g/mol. The number of methoxy groups -OCH3 is 1. The van der Waals surface area contributed by atoms with Crippen molar-refractivity contribution in [2.75, 3.05) is 13.7 Å². The minimum Gasteiger partial charge on any atom is -0.412 e. The van der Waals surface area contributed by atoms with Crippen LogP contribution in [-0.4, -0.2) is 36.1 Å². The van der Waals surface area contributed by atoms with Crippen LogP contribution in [0.1, 0.15) is 6.92 Å². The number of hydrogen-bond donors (Lipinski definition) is 0. The average Bonchev–Trinajstić information content (AvgIpc) is 2.11. The van der Waals surface area contributed by atoms with Gasteiger partial charge in [0.25, 0.3) is 0 Å². The highest BCUT2D eigenvalue weighted by atomic mass is 28.4. The van der Waals surface area contributed by atoms with E-state index in [0.29, 0.717) is 6.61 Å². The molecule has 17 heavy (non-hydrogen) atoms. The van der Waals surface area contributed by atoms with Crippen molar-refractivity contribution in [2.45, 2.75) is 52.0 Å². The van der Waals surface area contributed by atoms with Crippen LogP contribution in [0.5, 0.6) is 0 Å². The van der Waals surface area contributed by atoms with E-state index in [9.17, 15) is 0 Å². The van der Waals surface area contributed by atoms with Crippen LogP contribution in [-0.2, 0) is 13.6 Å². The van der Waals surface area contributed by atoms with Crippen molar-refractivity contribution in [3.05, 3.63) is 12.2 Å². The Kier molecular flexibility index (Phi) is 6.31. The van der Waals surface area contributed by atoms with E-state index in [1.54, 1.807) is 7.11 Å². The predicted molar refractivity (Wildman–Crippen MR) is 78.3 cm³/mol. The highest BCUT2D eigenvalue weighted by molar-refractivity contribution is 6.70. The molecule has 1 atom stereocenters. The van der Waals surface area contributed by atoms with Crippen LogP contribution in [0.4, 0.5) is 0 Å². The zero-order valence-corrected chi connectivity index (χ0v) is 14.6. The molecule has 0 aromatic carbocycles. The van der Waals surface area contributed by atoms with Gasteiger partial charge in [-0.15, -0.1) is 0 Å². The summed E-state index contributed by atoms with van der Waals surface area (Å²) in [6.45, 7) is 15.4. The standard InChI is InChI=1S/C12H28O3Si2/c1-9-10-12(13-2,15-17(6,7)8)11-14-16(3,4)5/h9-10H,11H2,1-8H3/b10-9-. The van der Waals surface area contributed by atoms with Crippen molar-refractivity contribution in [2.24, 2.45) is 0 Å². The van der Waals surface area contributed by atoms with Gasteiger partial charge >= 0.3 is 0 Å². The second kappa shape index (κ2) is 6.29. The SMILES string of the molecule is C/C=C\C(CO[Si](C)(C)C)(OC)O[Si](C)(C)C. The molecule has 0 radical (unpaired) electrons. The van der Waals surface area contributed by atoms with E-state index in [2.05, 4.69) is 39.3 Å². The first-order chi connectivity index (χ1) is 7.54. The molecule has 3 nitrogen and oxygen atoms in total. The van der Waals surface area contributed by atoms with E-state index in [4.69, 9.17) is 13.6 Å². The van der Waals surface area contributed by atoms with Gasteiger partial charge in [0.15, 0.2) is 16.6 Å². The second-order valence-electron chi connectivity index (χ2n) is 6.13. The van der Waals surface area contributed by atoms with Crippen LogP contribution < -0.4 is 0 Å². The fraction of sp³-hybridized carbons (Fsp3) is 0.833.